The molecule has 11 heavy (non-hydrogen) atoms. The Morgan fingerprint density at radius 1 is 1.91 bits per heavy atom. The molecule has 0 saturated heterocycles. The van der Waals surface area contributed by atoms with E-state index in [-0.39, 0.29) is 0 Å². The highest BCUT2D eigenvalue weighted by Crippen LogP contribution is 1.94. The molecule has 0 fully saturated rings. The summed E-state index contributed by atoms with van der Waals surface area (Å²) in [6.07, 6.45) is 1.09. The molecule has 0 bridgehead atoms. The van der Waals surface area contributed by atoms with Gasteiger partial charge in [0.05, 0.1) is 0 Å². The van der Waals surface area contributed by atoms with Crippen molar-refractivity contribution in [3.8, 4) is 0 Å². The van der Waals surface area contributed by atoms with Gasteiger partial charge >= 0.3 is 0 Å². The second kappa shape index (κ2) is 5.03. The molecule has 0 rings (SSSR count). The molecule has 0 heterocycles. The largest absolute Gasteiger partial charge is 0.772 e. The molecular formula is C6H10NO3S-. The first-order valence-electron chi connectivity index (χ1n) is 3.11. The van der Waals surface area contributed by atoms with E-state index in [0.29, 0.717) is 6.54 Å². The van der Waals surface area contributed by atoms with Crippen molar-refractivity contribution in [2.24, 2.45) is 0 Å². The van der Waals surface area contributed by atoms with Crippen molar-refractivity contribution in [2.45, 2.75) is 12.2 Å². The van der Waals surface area contributed by atoms with Gasteiger partial charge in [0.1, 0.15) is 5.25 Å². The lowest BCUT2D eigenvalue weighted by Gasteiger charge is -2.13. The van der Waals surface area contributed by atoms with E-state index in [0.717, 1.165) is 6.08 Å². The SMILES string of the molecule is C=CC(C(=O)NCC)S(=O)[O-]. The van der Waals surface area contributed by atoms with Gasteiger partial charge in [-0.1, -0.05) is 6.08 Å². The summed E-state index contributed by atoms with van der Waals surface area (Å²) in [5, 5.41) is 1.24. The molecule has 0 aliphatic rings. The molecule has 0 aromatic carbocycles. The highest BCUT2D eigenvalue weighted by molar-refractivity contribution is 7.80. The molecule has 1 amide bonds. The fourth-order valence-electron chi connectivity index (χ4n) is 0.548. The monoisotopic (exact) mass is 176 g/mol. The Hall–Kier alpha value is -0.680. The van der Waals surface area contributed by atoms with Gasteiger partial charge in [0, 0.05) is 6.54 Å². The van der Waals surface area contributed by atoms with E-state index >= 15 is 0 Å². The summed E-state index contributed by atoms with van der Waals surface area (Å²) in [5.74, 6) is -0.532. The van der Waals surface area contributed by atoms with Gasteiger partial charge < -0.3 is 9.87 Å². The second-order valence-electron chi connectivity index (χ2n) is 1.81. The Bertz CT molecular complexity index is 181. The van der Waals surface area contributed by atoms with Crippen molar-refractivity contribution in [3.05, 3.63) is 12.7 Å². The maximum atomic E-state index is 10.8. The van der Waals surface area contributed by atoms with Crippen molar-refractivity contribution < 1.29 is 13.6 Å². The summed E-state index contributed by atoms with van der Waals surface area (Å²) in [6.45, 7) is 5.36. The molecule has 2 atom stereocenters. The average molecular weight is 176 g/mol. The van der Waals surface area contributed by atoms with Gasteiger partial charge in [0.15, 0.2) is 0 Å². The standard InChI is InChI=1S/C6H11NO3S/c1-3-5(11(9)10)6(8)7-4-2/h3,5H,1,4H2,2H3,(H,7,8)(H,9,10)/p-1. The molecule has 0 saturated carbocycles. The van der Waals surface area contributed by atoms with Gasteiger partial charge in [-0.3, -0.25) is 9.00 Å². The van der Waals surface area contributed by atoms with Crippen molar-refractivity contribution >= 4 is 17.0 Å². The normalized spacial score (nSPS) is 15.1. The first kappa shape index (κ1) is 10.3. The van der Waals surface area contributed by atoms with Crippen LogP contribution < -0.4 is 5.32 Å². The highest BCUT2D eigenvalue weighted by Gasteiger charge is 2.13. The van der Waals surface area contributed by atoms with Crippen LogP contribution in [0.1, 0.15) is 6.92 Å². The molecule has 0 radical (unpaired) electrons. The minimum absolute atomic E-state index is 0.417. The lowest BCUT2D eigenvalue weighted by Crippen LogP contribution is -2.35. The fraction of sp³-hybridized carbons (Fsp3) is 0.500. The lowest BCUT2D eigenvalue weighted by atomic mass is 10.4. The van der Waals surface area contributed by atoms with Crippen LogP contribution in [0.25, 0.3) is 0 Å². The van der Waals surface area contributed by atoms with E-state index in [2.05, 4.69) is 11.9 Å². The number of hydrogen-bond donors (Lipinski definition) is 1. The molecule has 0 aromatic rings. The van der Waals surface area contributed by atoms with Crippen molar-refractivity contribution in [1.29, 1.82) is 0 Å². The van der Waals surface area contributed by atoms with Gasteiger partial charge in [-0.15, -0.1) is 6.58 Å². The van der Waals surface area contributed by atoms with Gasteiger partial charge in [0.2, 0.25) is 5.91 Å². The topological polar surface area (TPSA) is 69.2 Å². The summed E-state index contributed by atoms with van der Waals surface area (Å²) >= 11 is -2.42. The zero-order chi connectivity index (χ0) is 8.85. The third-order valence-corrected chi connectivity index (χ3v) is 1.85. The van der Waals surface area contributed by atoms with Crippen LogP contribution in [0.2, 0.25) is 0 Å². The third-order valence-electron chi connectivity index (χ3n) is 1.03. The molecule has 1 N–H and O–H groups in total. The quantitative estimate of drug-likeness (QED) is 0.466. The van der Waals surface area contributed by atoms with E-state index in [9.17, 15) is 13.6 Å². The fourth-order valence-corrected chi connectivity index (χ4v) is 0.963. The van der Waals surface area contributed by atoms with Gasteiger partial charge in [-0.25, -0.2) is 0 Å². The van der Waals surface area contributed by atoms with Crippen LogP contribution in [0.4, 0.5) is 0 Å². The number of carbonyl (C=O) groups is 1. The van der Waals surface area contributed by atoms with Crippen LogP contribution in [-0.4, -0.2) is 26.5 Å². The van der Waals surface area contributed by atoms with Crippen LogP contribution in [0.5, 0.6) is 0 Å². The number of nitrogens with one attached hydrogen (secondary N) is 1. The molecule has 5 heteroatoms. The van der Waals surface area contributed by atoms with Crippen LogP contribution >= 0.6 is 0 Å². The Morgan fingerprint density at radius 2 is 2.45 bits per heavy atom. The van der Waals surface area contributed by atoms with Crippen LogP contribution in [0, 0.1) is 0 Å². The highest BCUT2D eigenvalue weighted by atomic mass is 32.2. The Kier molecular flexibility index (Phi) is 4.72. The van der Waals surface area contributed by atoms with E-state index in [4.69, 9.17) is 0 Å². The Labute approximate surface area is 68.0 Å². The molecular weight excluding hydrogens is 166 g/mol. The average Bonchev–Trinajstić information content (AvgIpc) is 1.88. The van der Waals surface area contributed by atoms with Gasteiger partial charge in [-0.2, -0.15) is 0 Å². The summed E-state index contributed by atoms with van der Waals surface area (Å²) in [6, 6.07) is 0. The number of rotatable bonds is 4. The Morgan fingerprint density at radius 3 is 2.73 bits per heavy atom. The van der Waals surface area contributed by atoms with E-state index in [1.807, 2.05) is 0 Å². The smallest absolute Gasteiger partial charge is 0.238 e. The van der Waals surface area contributed by atoms with Gasteiger partial charge in [0.25, 0.3) is 0 Å². The lowest BCUT2D eigenvalue weighted by molar-refractivity contribution is -0.119. The minimum atomic E-state index is -2.42. The van der Waals surface area contributed by atoms with Crippen molar-refractivity contribution in [3.63, 3.8) is 0 Å². The predicted octanol–water partition coefficient (Wildman–Crippen LogP) is -0.444. The Balaban J connectivity index is 4.14. The summed E-state index contributed by atoms with van der Waals surface area (Å²) in [5.41, 5.74) is 0. The second-order valence-corrected chi connectivity index (χ2v) is 2.84. The number of carbonyl (C=O) groups excluding carboxylic acids is 1. The molecule has 4 nitrogen and oxygen atoms in total. The van der Waals surface area contributed by atoms with Crippen molar-refractivity contribution in [1.82, 2.24) is 5.32 Å². The minimum Gasteiger partial charge on any atom is -0.772 e. The van der Waals surface area contributed by atoms with E-state index < -0.39 is 22.2 Å². The summed E-state index contributed by atoms with van der Waals surface area (Å²) < 4.78 is 20.6. The van der Waals surface area contributed by atoms with Crippen LogP contribution in [0.3, 0.4) is 0 Å². The number of hydrogen-bond acceptors (Lipinski definition) is 3. The number of amides is 1. The first-order valence-corrected chi connectivity index (χ1v) is 4.25. The molecule has 0 spiro atoms. The van der Waals surface area contributed by atoms with Crippen LogP contribution in [-0.2, 0) is 15.9 Å². The molecule has 0 aliphatic heterocycles. The zero-order valence-electron chi connectivity index (χ0n) is 6.20. The third kappa shape index (κ3) is 3.29. The van der Waals surface area contributed by atoms with Gasteiger partial charge in [-0.05, 0) is 18.0 Å². The van der Waals surface area contributed by atoms with Crippen molar-refractivity contribution in [2.75, 3.05) is 6.54 Å². The molecule has 0 aromatic heterocycles. The molecule has 64 valence electrons. The maximum Gasteiger partial charge on any atom is 0.238 e. The van der Waals surface area contributed by atoms with E-state index in [1.165, 1.54) is 0 Å². The van der Waals surface area contributed by atoms with E-state index in [1.54, 1.807) is 6.92 Å². The zero-order valence-corrected chi connectivity index (χ0v) is 7.02. The first-order chi connectivity index (χ1) is 5.13. The molecule has 0 aliphatic carbocycles. The summed E-state index contributed by atoms with van der Waals surface area (Å²) in [4.78, 5) is 10.8. The maximum absolute atomic E-state index is 10.8. The predicted molar refractivity (Wildman–Crippen MR) is 41.6 cm³/mol. The molecule has 2 unspecified atom stereocenters. The van der Waals surface area contributed by atoms with Crippen LogP contribution in [0.15, 0.2) is 12.7 Å². The summed E-state index contributed by atoms with van der Waals surface area (Å²) in [7, 11) is 0.